The standard InChI is InChI=1S/C25H24FNO4/c26-22-12-4-9-20(15-22)18-31-23-13-5-11-21(16-23)25(30)27(17-24(28)29)14-6-10-19-7-2-1-3-8-19/h1-5,7-9,11-13,15-16H,6,10,14,17-18H2,(H,28,29). The molecule has 1 amide bonds. The van der Waals surface area contributed by atoms with E-state index in [9.17, 15) is 19.1 Å². The summed E-state index contributed by atoms with van der Waals surface area (Å²) in [5.41, 5.74) is 2.15. The summed E-state index contributed by atoms with van der Waals surface area (Å²) in [5.74, 6) is -1.32. The van der Waals surface area contributed by atoms with Gasteiger partial charge in [-0.1, -0.05) is 48.5 Å². The van der Waals surface area contributed by atoms with Gasteiger partial charge in [-0.25, -0.2) is 4.39 Å². The smallest absolute Gasteiger partial charge is 0.323 e. The third kappa shape index (κ3) is 6.96. The Bertz CT molecular complexity index is 1020. The average molecular weight is 421 g/mol. The predicted octanol–water partition coefficient (Wildman–Crippen LogP) is 4.56. The van der Waals surface area contributed by atoms with Crippen LogP contribution in [0.2, 0.25) is 0 Å². The average Bonchev–Trinajstić information content (AvgIpc) is 2.77. The molecule has 160 valence electrons. The van der Waals surface area contributed by atoms with E-state index in [-0.39, 0.29) is 24.9 Å². The molecule has 0 aromatic heterocycles. The number of halogens is 1. The molecule has 0 aliphatic rings. The maximum atomic E-state index is 13.3. The summed E-state index contributed by atoms with van der Waals surface area (Å²) >= 11 is 0. The van der Waals surface area contributed by atoms with E-state index in [2.05, 4.69) is 0 Å². The largest absolute Gasteiger partial charge is 0.489 e. The topological polar surface area (TPSA) is 66.8 Å². The van der Waals surface area contributed by atoms with Crippen LogP contribution in [0.5, 0.6) is 5.75 Å². The van der Waals surface area contributed by atoms with E-state index < -0.39 is 5.97 Å². The molecule has 5 nitrogen and oxygen atoms in total. The number of benzene rings is 3. The Kier molecular flexibility index (Phi) is 7.76. The number of amides is 1. The Hall–Kier alpha value is -3.67. The maximum absolute atomic E-state index is 13.3. The monoisotopic (exact) mass is 421 g/mol. The van der Waals surface area contributed by atoms with Crippen LogP contribution < -0.4 is 4.74 Å². The van der Waals surface area contributed by atoms with E-state index in [0.29, 0.717) is 29.8 Å². The van der Waals surface area contributed by atoms with Crippen LogP contribution in [-0.4, -0.2) is 35.0 Å². The maximum Gasteiger partial charge on any atom is 0.323 e. The van der Waals surface area contributed by atoms with Crippen molar-refractivity contribution in [3.63, 3.8) is 0 Å². The van der Waals surface area contributed by atoms with Crippen molar-refractivity contribution in [1.82, 2.24) is 4.90 Å². The van der Waals surface area contributed by atoms with Crippen molar-refractivity contribution in [3.8, 4) is 5.75 Å². The molecule has 31 heavy (non-hydrogen) atoms. The number of aryl methyl sites for hydroxylation is 1. The van der Waals surface area contributed by atoms with Crippen molar-refractivity contribution in [2.45, 2.75) is 19.4 Å². The van der Waals surface area contributed by atoms with Gasteiger partial charge in [-0.3, -0.25) is 9.59 Å². The van der Waals surface area contributed by atoms with Gasteiger partial charge >= 0.3 is 5.97 Å². The van der Waals surface area contributed by atoms with Gasteiger partial charge in [0, 0.05) is 12.1 Å². The SMILES string of the molecule is O=C(O)CN(CCCc1ccccc1)C(=O)c1cccc(OCc2cccc(F)c2)c1. The quantitative estimate of drug-likeness (QED) is 0.521. The Morgan fingerprint density at radius 1 is 0.903 bits per heavy atom. The summed E-state index contributed by atoms with van der Waals surface area (Å²) in [6, 6.07) is 22.5. The van der Waals surface area contributed by atoms with Crippen molar-refractivity contribution >= 4 is 11.9 Å². The van der Waals surface area contributed by atoms with Crippen LogP contribution in [0, 0.1) is 5.82 Å². The molecule has 3 rings (SSSR count). The van der Waals surface area contributed by atoms with Crippen LogP contribution in [0.1, 0.15) is 27.9 Å². The molecule has 0 fully saturated rings. The summed E-state index contributed by atoms with van der Waals surface area (Å²) in [6.07, 6.45) is 1.40. The first-order valence-electron chi connectivity index (χ1n) is 10.0. The van der Waals surface area contributed by atoms with Gasteiger partial charge < -0.3 is 14.7 Å². The number of carboxylic acids is 1. The fourth-order valence-corrected chi connectivity index (χ4v) is 3.23. The lowest BCUT2D eigenvalue weighted by atomic mass is 10.1. The molecule has 3 aromatic rings. The second kappa shape index (κ2) is 10.9. The number of hydrogen-bond donors (Lipinski definition) is 1. The molecule has 3 aromatic carbocycles. The molecule has 0 saturated carbocycles. The van der Waals surface area contributed by atoms with Crippen LogP contribution in [0.15, 0.2) is 78.9 Å². The van der Waals surface area contributed by atoms with Crippen LogP contribution in [0.4, 0.5) is 4.39 Å². The fraction of sp³-hybridized carbons (Fsp3) is 0.200. The number of ether oxygens (including phenoxy) is 1. The Balaban J connectivity index is 1.64. The number of carboxylic acid groups (broad SMARTS) is 1. The molecule has 0 unspecified atom stereocenters. The summed E-state index contributed by atoms with van der Waals surface area (Å²) in [7, 11) is 0. The van der Waals surface area contributed by atoms with Crippen molar-refractivity contribution in [2.24, 2.45) is 0 Å². The van der Waals surface area contributed by atoms with Gasteiger partial charge in [0.05, 0.1) is 0 Å². The van der Waals surface area contributed by atoms with Crippen LogP contribution in [0.25, 0.3) is 0 Å². The molecule has 0 heterocycles. The predicted molar refractivity (Wildman–Crippen MR) is 115 cm³/mol. The number of aliphatic carboxylic acids is 1. The molecule has 0 aliphatic carbocycles. The van der Waals surface area contributed by atoms with Gasteiger partial charge in [-0.15, -0.1) is 0 Å². The zero-order valence-corrected chi connectivity index (χ0v) is 17.0. The van der Waals surface area contributed by atoms with Crippen LogP contribution in [-0.2, 0) is 17.8 Å². The number of hydrogen-bond acceptors (Lipinski definition) is 3. The van der Waals surface area contributed by atoms with Crippen molar-refractivity contribution in [2.75, 3.05) is 13.1 Å². The molecule has 0 radical (unpaired) electrons. The van der Waals surface area contributed by atoms with E-state index in [1.165, 1.54) is 17.0 Å². The highest BCUT2D eigenvalue weighted by atomic mass is 19.1. The molecule has 0 saturated heterocycles. The lowest BCUT2D eigenvalue weighted by molar-refractivity contribution is -0.137. The molecule has 0 aliphatic heterocycles. The second-order valence-corrected chi connectivity index (χ2v) is 7.16. The van der Waals surface area contributed by atoms with E-state index >= 15 is 0 Å². The highest BCUT2D eigenvalue weighted by Crippen LogP contribution is 2.17. The van der Waals surface area contributed by atoms with E-state index in [4.69, 9.17) is 4.74 Å². The second-order valence-electron chi connectivity index (χ2n) is 7.16. The van der Waals surface area contributed by atoms with Gasteiger partial charge in [-0.05, 0) is 54.3 Å². The molecule has 0 bridgehead atoms. The van der Waals surface area contributed by atoms with Crippen LogP contribution in [0.3, 0.4) is 0 Å². The van der Waals surface area contributed by atoms with Crippen molar-refractivity contribution in [1.29, 1.82) is 0 Å². The number of nitrogens with zero attached hydrogens (tertiary/aromatic N) is 1. The number of carbonyl (C=O) groups excluding carboxylic acids is 1. The van der Waals surface area contributed by atoms with E-state index in [0.717, 1.165) is 12.0 Å². The van der Waals surface area contributed by atoms with Crippen LogP contribution >= 0.6 is 0 Å². The van der Waals surface area contributed by atoms with Gasteiger partial charge in [0.15, 0.2) is 0 Å². The van der Waals surface area contributed by atoms with E-state index in [1.54, 1.807) is 36.4 Å². The summed E-state index contributed by atoms with van der Waals surface area (Å²) in [6.45, 7) is 0.113. The molecule has 0 atom stereocenters. The highest BCUT2D eigenvalue weighted by molar-refractivity contribution is 5.96. The first-order chi connectivity index (χ1) is 15.0. The van der Waals surface area contributed by atoms with Gasteiger partial charge in [0.25, 0.3) is 5.91 Å². The molecular weight excluding hydrogens is 397 g/mol. The van der Waals surface area contributed by atoms with Gasteiger partial charge in [0.2, 0.25) is 0 Å². The lowest BCUT2D eigenvalue weighted by Crippen LogP contribution is -2.36. The molecule has 6 heteroatoms. The summed E-state index contributed by atoms with van der Waals surface area (Å²) in [5, 5.41) is 9.23. The number of carbonyl (C=O) groups is 2. The minimum absolute atomic E-state index is 0.158. The zero-order valence-electron chi connectivity index (χ0n) is 17.0. The summed E-state index contributed by atoms with van der Waals surface area (Å²) in [4.78, 5) is 25.6. The minimum atomic E-state index is -1.06. The zero-order chi connectivity index (χ0) is 22.1. The van der Waals surface area contributed by atoms with Gasteiger partial charge in [-0.2, -0.15) is 0 Å². The molecule has 0 spiro atoms. The van der Waals surface area contributed by atoms with Crippen molar-refractivity contribution < 1.29 is 23.8 Å². The fourth-order valence-electron chi connectivity index (χ4n) is 3.23. The first kappa shape index (κ1) is 22.0. The first-order valence-corrected chi connectivity index (χ1v) is 10.0. The molecule has 1 N–H and O–H groups in total. The highest BCUT2D eigenvalue weighted by Gasteiger charge is 2.19. The Morgan fingerprint density at radius 2 is 1.65 bits per heavy atom. The normalized spacial score (nSPS) is 10.5. The Labute approximate surface area is 180 Å². The molecular formula is C25H24FNO4. The van der Waals surface area contributed by atoms with Crippen molar-refractivity contribution in [3.05, 3.63) is 101 Å². The number of rotatable bonds is 10. The third-order valence-electron chi connectivity index (χ3n) is 4.73. The van der Waals surface area contributed by atoms with E-state index in [1.807, 2.05) is 30.3 Å². The Morgan fingerprint density at radius 3 is 2.39 bits per heavy atom. The van der Waals surface area contributed by atoms with Gasteiger partial charge in [0.1, 0.15) is 24.7 Å². The minimum Gasteiger partial charge on any atom is -0.489 e. The summed E-state index contributed by atoms with van der Waals surface area (Å²) < 4.78 is 19.0. The third-order valence-corrected chi connectivity index (χ3v) is 4.73. The lowest BCUT2D eigenvalue weighted by Gasteiger charge is -2.21.